The number of hydrogen-bond donors (Lipinski definition) is 2. The van der Waals surface area contributed by atoms with Crippen LogP contribution in [0.25, 0.3) is 0 Å². The van der Waals surface area contributed by atoms with Crippen LogP contribution in [0, 0.1) is 6.92 Å². The lowest BCUT2D eigenvalue weighted by Gasteiger charge is -2.10. The van der Waals surface area contributed by atoms with E-state index in [1.807, 2.05) is 6.92 Å². The topological polar surface area (TPSA) is 81.9 Å². The highest BCUT2D eigenvalue weighted by Crippen LogP contribution is 2.27. The lowest BCUT2D eigenvalue weighted by atomic mass is 10.1. The van der Waals surface area contributed by atoms with Crippen LogP contribution in [0.15, 0.2) is 6.20 Å². The number of aliphatic hydroxyl groups excluding tert-OH is 1. The molecule has 0 aliphatic rings. The van der Waals surface area contributed by atoms with Crippen molar-refractivity contribution in [3.05, 3.63) is 28.2 Å². The van der Waals surface area contributed by atoms with E-state index in [0.29, 0.717) is 22.8 Å². The highest BCUT2D eigenvalue weighted by molar-refractivity contribution is 6.31. The quantitative estimate of drug-likeness (QED) is 0.870. The Morgan fingerprint density at radius 3 is 2.56 bits per heavy atom. The molecule has 0 bridgehead atoms. The molecule has 7 heteroatoms. The smallest absolute Gasteiger partial charge is 0.127 e. The molecule has 0 saturated carbocycles. The van der Waals surface area contributed by atoms with Crippen molar-refractivity contribution in [1.29, 1.82) is 0 Å². The molecule has 6 nitrogen and oxygen atoms in total. The average Bonchev–Trinajstić information content (AvgIpc) is 2.75. The Hall–Kier alpha value is -1.53. The third-order valence-electron chi connectivity index (χ3n) is 3.02. The van der Waals surface area contributed by atoms with Gasteiger partial charge in [-0.15, -0.1) is 0 Å². The molecule has 0 saturated heterocycles. The summed E-state index contributed by atoms with van der Waals surface area (Å²) < 4.78 is 3.20. The number of hydrogen-bond acceptors (Lipinski definition) is 4. The predicted molar refractivity (Wildman–Crippen MR) is 69.2 cm³/mol. The highest BCUT2D eigenvalue weighted by Gasteiger charge is 2.20. The van der Waals surface area contributed by atoms with E-state index in [4.69, 9.17) is 17.3 Å². The van der Waals surface area contributed by atoms with E-state index >= 15 is 0 Å². The summed E-state index contributed by atoms with van der Waals surface area (Å²) in [6.45, 7) is 1.83. The molecular formula is C11H16ClN5O. The molecule has 3 N–H and O–H groups in total. The zero-order valence-electron chi connectivity index (χ0n) is 10.6. The highest BCUT2D eigenvalue weighted by atomic mass is 35.5. The normalized spacial score (nSPS) is 12.9. The van der Waals surface area contributed by atoms with Gasteiger partial charge in [-0.05, 0) is 6.92 Å². The number of nitrogens with two attached hydrogens (primary N) is 1. The number of aromatic nitrogens is 4. The first kappa shape index (κ1) is 12.9. The van der Waals surface area contributed by atoms with Crippen molar-refractivity contribution < 1.29 is 5.11 Å². The first-order valence-electron chi connectivity index (χ1n) is 5.55. The molecule has 2 heterocycles. The minimum atomic E-state index is -0.744. The van der Waals surface area contributed by atoms with Gasteiger partial charge in [-0.3, -0.25) is 9.36 Å². The van der Waals surface area contributed by atoms with Crippen molar-refractivity contribution in [3.63, 3.8) is 0 Å². The Morgan fingerprint density at radius 1 is 1.44 bits per heavy atom. The fourth-order valence-electron chi connectivity index (χ4n) is 1.92. The van der Waals surface area contributed by atoms with E-state index in [9.17, 15) is 5.11 Å². The summed E-state index contributed by atoms with van der Waals surface area (Å²) >= 11 is 6.14. The van der Waals surface area contributed by atoms with Gasteiger partial charge in [0.05, 0.1) is 28.7 Å². The van der Waals surface area contributed by atoms with Gasteiger partial charge in [0.2, 0.25) is 0 Å². The van der Waals surface area contributed by atoms with Crippen LogP contribution in [-0.2, 0) is 20.5 Å². The van der Waals surface area contributed by atoms with Crippen LogP contribution in [0.4, 0.5) is 5.82 Å². The Morgan fingerprint density at radius 2 is 2.11 bits per heavy atom. The number of aliphatic hydroxyl groups is 1. The number of nitrogens with zero attached hydrogens (tertiary/aromatic N) is 4. The van der Waals surface area contributed by atoms with Crippen LogP contribution < -0.4 is 5.73 Å². The maximum atomic E-state index is 10.2. The summed E-state index contributed by atoms with van der Waals surface area (Å²) in [5.41, 5.74) is 7.96. The summed E-state index contributed by atoms with van der Waals surface area (Å²) in [5.74, 6) is 0.456. The molecule has 18 heavy (non-hydrogen) atoms. The van der Waals surface area contributed by atoms with E-state index in [-0.39, 0.29) is 0 Å². The Bertz CT molecular complexity index is 574. The van der Waals surface area contributed by atoms with Crippen LogP contribution in [0.3, 0.4) is 0 Å². The number of aryl methyl sites for hydroxylation is 3. The molecule has 2 aromatic rings. The van der Waals surface area contributed by atoms with Crippen LogP contribution in [0.2, 0.25) is 5.02 Å². The summed E-state index contributed by atoms with van der Waals surface area (Å²) in [7, 11) is 3.53. The standard InChI is InChI=1S/C11H16ClN5O/c1-6-10(12)8(16(2)15-6)4-9(18)7-5-14-17(3)11(7)13/h5,9,18H,4,13H2,1-3H3. The molecule has 0 radical (unpaired) electrons. The van der Waals surface area contributed by atoms with Gasteiger partial charge in [0.25, 0.3) is 0 Å². The van der Waals surface area contributed by atoms with Crippen molar-refractivity contribution >= 4 is 17.4 Å². The van der Waals surface area contributed by atoms with Crippen molar-refractivity contribution in [2.24, 2.45) is 14.1 Å². The van der Waals surface area contributed by atoms with Crippen molar-refractivity contribution in [1.82, 2.24) is 19.6 Å². The first-order valence-corrected chi connectivity index (χ1v) is 5.93. The van der Waals surface area contributed by atoms with Crippen LogP contribution in [-0.4, -0.2) is 24.7 Å². The number of nitrogen functional groups attached to an aromatic ring is 1. The fraction of sp³-hybridized carbons (Fsp3) is 0.455. The fourth-order valence-corrected chi connectivity index (χ4v) is 2.15. The molecule has 0 aliphatic carbocycles. The Kier molecular flexibility index (Phi) is 3.32. The molecule has 0 aliphatic heterocycles. The molecule has 0 spiro atoms. The number of anilines is 1. The van der Waals surface area contributed by atoms with Crippen molar-refractivity contribution in [2.45, 2.75) is 19.4 Å². The molecule has 0 fully saturated rings. The lowest BCUT2D eigenvalue weighted by Crippen LogP contribution is -2.09. The van der Waals surface area contributed by atoms with Gasteiger partial charge in [0.1, 0.15) is 5.82 Å². The third-order valence-corrected chi connectivity index (χ3v) is 3.51. The summed E-state index contributed by atoms with van der Waals surface area (Å²) in [6, 6.07) is 0. The monoisotopic (exact) mass is 269 g/mol. The second kappa shape index (κ2) is 4.62. The molecule has 1 unspecified atom stereocenters. The second-order valence-electron chi connectivity index (χ2n) is 4.30. The molecule has 98 valence electrons. The van der Waals surface area contributed by atoms with Gasteiger partial charge in [-0.1, -0.05) is 11.6 Å². The molecule has 0 amide bonds. The predicted octanol–water partition coefficient (Wildman–Crippen LogP) is 0.974. The minimum absolute atomic E-state index is 0.353. The molecule has 2 rings (SSSR count). The number of halogens is 1. The molecule has 0 aromatic carbocycles. The largest absolute Gasteiger partial charge is 0.388 e. The van der Waals surface area contributed by atoms with Gasteiger partial charge in [-0.25, -0.2) is 0 Å². The van der Waals surface area contributed by atoms with Gasteiger partial charge in [0, 0.05) is 26.1 Å². The minimum Gasteiger partial charge on any atom is -0.388 e. The Labute approximate surface area is 110 Å². The third kappa shape index (κ3) is 2.09. The van der Waals surface area contributed by atoms with E-state index in [0.717, 1.165) is 11.4 Å². The molecular weight excluding hydrogens is 254 g/mol. The van der Waals surface area contributed by atoms with E-state index in [2.05, 4.69) is 10.2 Å². The van der Waals surface area contributed by atoms with Gasteiger partial charge < -0.3 is 10.8 Å². The molecule has 1 atom stereocenters. The van der Waals surface area contributed by atoms with Crippen molar-refractivity contribution in [2.75, 3.05) is 5.73 Å². The summed E-state index contributed by atoms with van der Waals surface area (Å²) in [4.78, 5) is 0. The van der Waals surface area contributed by atoms with Gasteiger partial charge >= 0.3 is 0 Å². The maximum Gasteiger partial charge on any atom is 0.127 e. The SMILES string of the molecule is Cc1nn(C)c(CC(O)c2cnn(C)c2N)c1Cl. The lowest BCUT2D eigenvalue weighted by molar-refractivity contribution is 0.176. The second-order valence-corrected chi connectivity index (χ2v) is 4.68. The van der Waals surface area contributed by atoms with E-state index < -0.39 is 6.10 Å². The van der Waals surface area contributed by atoms with Gasteiger partial charge in [-0.2, -0.15) is 10.2 Å². The summed E-state index contributed by atoms with van der Waals surface area (Å²) in [6.07, 6.45) is 1.18. The van der Waals surface area contributed by atoms with Crippen molar-refractivity contribution in [3.8, 4) is 0 Å². The average molecular weight is 270 g/mol. The number of rotatable bonds is 3. The zero-order chi connectivity index (χ0) is 13.4. The van der Waals surface area contributed by atoms with E-state index in [1.165, 1.54) is 4.68 Å². The van der Waals surface area contributed by atoms with Gasteiger partial charge in [0.15, 0.2) is 0 Å². The van der Waals surface area contributed by atoms with Crippen LogP contribution in [0.5, 0.6) is 0 Å². The summed E-state index contributed by atoms with van der Waals surface area (Å²) in [5, 5.41) is 19.0. The van der Waals surface area contributed by atoms with E-state index in [1.54, 1.807) is 25.0 Å². The zero-order valence-corrected chi connectivity index (χ0v) is 11.3. The maximum absolute atomic E-state index is 10.2. The van der Waals surface area contributed by atoms with Crippen LogP contribution in [0.1, 0.15) is 23.1 Å². The van der Waals surface area contributed by atoms with Crippen LogP contribution >= 0.6 is 11.6 Å². The molecule has 2 aromatic heterocycles. The Balaban J connectivity index is 2.26. The first-order chi connectivity index (χ1) is 8.41.